The molecule has 0 saturated carbocycles. The SMILES string of the molecule is CCc1cc(NC(C)c2ncc(CC)s2)nc(-c2ccccn2)n1. The van der Waals surface area contributed by atoms with Crippen LogP contribution in [-0.4, -0.2) is 19.9 Å². The van der Waals surface area contributed by atoms with Gasteiger partial charge in [0, 0.05) is 29.0 Å². The molecular formula is C18H21N5S. The van der Waals surface area contributed by atoms with Gasteiger partial charge in [-0.05, 0) is 31.9 Å². The second kappa shape index (κ2) is 7.49. The van der Waals surface area contributed by atoms with Gasteiger partial charge in [0.2, 0.25) is 0 Å². The van der Waals surface area contributed by atoms with Crippen LogP contribution in [0.2, 0.25) is 0 Å². The summed E-state index contributed by atoms with van der Waals surface area (Å²) in [5.41, 5.74) is 1.78. The first-order valence-electron chi connectivity index (χ1n) is 8.20. The van der Waals surface area contributed by atoms with Crippen LogP contribution in [0.4, 0.5) is 5.82 Å². The van der Waals surface area contributed by atoms with E-state index in [1.807, 2.05) is 30.5 Å². The predicted molar refractivity (Wildman–Crippen MR) is 98.2 cm³/mol. The van der Waals surface area contributed by atoms with Crippen LogP contribution < -0.4 is 5.32 Å². The fraction of sp³-hybridized carbons (Fsp3) is 0.333. The van der Waals surface area contributed by atoms with E-state index in [-0.39, 0.29) is 6.04 Å². The first-order valence-corrected chi connectivity index (χ1v) is 9.01. The Bertz CT molecular complexity index is 800. The molecule has 0 amide bonds. The highest BCUT2D eigenvalue weighted by Crippen LogP contribution is 2.24. The van der Waals surface area contributed by atoms with Gasteiger partial charge in [-0.3, -0.25) is 4.98 Å². The molecule has 0 aliphatic heterocycles. The lowest BCUT2D eigenvalue weighted by Gasteiger charge is -2.13. The van der Waals surface area contributed by atoms with Crippen LogP contribution in [0.25, 0.3) is 11.5 Å². The predicted octanol–water partition coefficient (Wildman–Crippen LogP) is 4.29. The Morgan fingerprint density at radius 3 is 2.67 bits per heavy atom. The first kappa shape index (κ1) is 16.5. The summed E-state index contributed by atoms with van der Waals surface area (Å²) in [5, 5.41) is 4.52. The van der Waals surface area contributed by atoms with Crippen molar-refractivity contribution < 1.29 is 0 Å². The number of pyridine rings is 1. The maximum absolute atomic E-state index is 4.64. The van der Waals surface area contributed by atoms with Crippen molar-refractivity contribution in [2.24, 2.45) is 0 Å². The Balaban J connectivity index is 1.87. The van der Waals surface area contributed by atoms with E-state index in [9.17, 15) is 0 Å². The highest BCUT2D eigenvalue weighted by Gasteiger charge is 2.13. The number of nitrogens with zero attached hydrogens (tertiary/aromatic N) is 4. The van der Waals surface area contributed by atoms with Gasteiger partial charge < -0.3 is 5.32 Å². The summed E-state index contributed by atoms with van der Waals surface area (Å²) < 4.78 is 0. The molecule has 0 saturated heterocycles. The number of rotatable bonds is 6. The molecule has 0 spiro atoms. The van der Waals surface area contributed by atoms with E-state index < -0.39 is 0 Å². The summed E-state index contributed by atoms with van der Waals surface area (Å²) in [6.45, 7) is 6.34. The minimum absolute atomic E-state index is 0.103. The zero-order valence-electron chi connectivity index (χ0n) is 14.2. The molecule has 3 rings (SSSR count). The van der Waals surface area contributed by atoms with E-state index in [4.69, 9.17) is 0 Å². The Morgan fingerprint density at radius 1 is 1.12 bits per heavy atom. The zero-order valence-corrected chi connectivity index (χ0v) is 15.0. The number of aromatic nitrogens is 4. The number of nitrogens with one attached hydrogen (secondary N) is 1. The average Bonchev–Trinajstić information content (AvgIpc) is 3.11. The number of hydrogen-bond acceptors (Lipinski definition) is 6. The van der Waals surface area contributed by atoms with E-state index in [0.717, 1.165) is 35.1 Å². The summed E-state index contributed by atoms with van der Waals surface area (Å²) in [6, 6.07) is 7.86. The van der Waals surface area contributed by atoms with E-state index in [0.29, 0.717) is 5.82 Å². The topological polar surface area (TPSA) is 63.6 Å². The lowest BCUT2D eigenvalue weighted by atomic mass is 10.2. The van der Waals surface area contributed by atoms with E-state index in [2.05, 4.69) is 46.0 Å². The Kier molecular flexibility index (Phi) is 5.15. The smallest absolute Gasteiger partial charge is 0.180 e. The molecule has 24 heavy (non-hydrogen) atoms. The second-order valence-corrected chi connectivity index (χ2v) is 6.67. The van der Waals surface area contributed by atoms with Crippen molar-refractivity contribution in [2.45, 2.75) is 39.7 Å². The van der Waals surface area contributed by atoms with Crippen LogP contribution in [-0.2, 0) is 12.8 Å². The van der Waals surface area contributed by atoms with E-state index >= 15 is 0 Å². The van der Waals surface area contributed by atoms with Crippen LogP contribution >= 0.6 is 11.3 Å². The maximum atomic E-state index is 4.64. The molecule has 3 heterocycles. The minimum atomic E-state index is 0.103. The monoisotopic (exact) mass is 339 g/mol. The van der Waals surface area contributed by atoms with Gasteiger partial charge in [0.1, 0.15) is 16.5 Å². The molecule has 1 atom stereocenters. The molecule has 1 N–H and O–H groups in total. The lowest BCUT2D eigenvalue weighted by molar-refractivity contribution is 0.854. The zero-order chi connectivity index (χ0) is 16.9. The molecule has 3 aromatic heterocycles. The second-order valence-electron chi connectivity index (χ2n) is 5.52. The number of hydrogen-bond donors (Lipinski definition) is 1. The van der Waals surface area contributed by atoms with E-state index in [1.165, 1.54) is 4.88 Å². The number of anilines is 1. The molecule has 3 aromatic rings. The molecule has 6 heteroatoms. The van der Waals surface area contributed by atoms with Crippen molar-refractivity contribution in [3.05, 3.63) is 52.2 Å². The van der Waals surface area contributed by atoms with Crippen LogP contribution in [0.15, 0.2) is 36.7 Å². The highest BCUT2D eigenvalue weighted by molar-refractivity contribution is 7.11. The lowest BCUT2D eigenvalue weighted by Crippen LogP contribution is -2.09. The summed E-state index contributed by atoms with van der Waals surface area (Å²) >= 11 is 1.74. The summed E-state index contributed by atoms with van der Waals surface area (Å²) in [4.78, 5) is 19.4. The van der Waals surface area contributed by atoms with Crippen LogP contribution in [0.1, 0.15) is 42.4 Å². The molecule has 5 nitrogen and oxygen atoms in total. The Labute approximate surface area is 146 Å². The Morgan fingerprint density at radius 2 is 2.00 bits per heavy atom. The average molecular weight is 339 g/mol. The van der Waals surface area contributed by atoms with Crippen molar-refractivity contribution in [3.8, 4) is 11.5 Å². The molecule has 0 radical (unpaired) electrons. The molecular weight excluding hydrogens is 318 g/mol. The van der Waals surface area contributed by atoms with Gasteiger partial charge in [-0.15, -0.1) is 11.3 Å². The highest BCUT2D eigenvalue weighted by atomic mass is 32.1. The normalized spacial score (nSPS) is 12.1. The molecule has 124 valence electrons. The van der Waals surface area contributed by atoms with Crippen LogP contribution in [0.5, 0.6) is 0 Å². The van der Waals surface area contributed by atoms with Crippen molar-refractivity contribution >= 4 is 17.2 Å². The summed E-state index contributed by atoms with van der Waals surface area (Å²) in [6.07, 6.45) is 5.58. The number of aryl methyl sites for hydroxylation is 2. The molecule has 1 unspecified atom stereocenters. The van der Waals surface area contributed by atoms with Gasteiger partial charge in [0.25, 0.3) is 0 Å². The quantitative estimate of drug-likeness (QED) is 0.725. The fourth-order valence-electron chi connectivity index (χ4n) is 2.33. The van der Waals surface area contributed by atoms with Crippen LogP contribution in [0, 0.1) is 0 Å². The molecule has 0 aromatic carbocycles. The van der Waals surface area contributed by atoms with Gasteiger partial charge in [0.05, 0.1) is 6.04 Å². The molecule has 0 bridgehead atoms. The van der Waals surface area contributed by atoms with Gasteiger partial charge >= 0.3 is 0 Å². The third-order valence-corrected chi connectivity index (χ3v) is 5.01. The standard InChI is InChI=1S/C18H21N5S/c1-4-13-10-16(21-12(3)18-20-11-14(5-2)24-18)23-17(22-13)15-8-6-7-9-19-15/h6-12H,4-5H2,1-3H3,(H,21,22,23). The van der Waals surface area contributed by atoms with Crippen molar-refractivity contribution in [3.63, 3.8) is 0 Å². The summed E-state index contributed by atoms with van der Waals surface area (Å²) in [7, 11) is 0. The summed E-state index contributed by atoms with van der Waals surface area (Å²) in [5.74, 6) is 1.46. The largest absolute Gasteiger partial charge is 0.361 e. The minimum Gasteiger partial charge on any atom is -0.361 e. The first-order chi connectivity index (χ1) is 11.7. The molecule has 0 aliphatic carbocycles. The third-order valence-electron chi connectivity index (χ3n) is 3.69. The van der Waals surface area contributed by atoms with Gasteiger partial charge in [-0.25, -0.2) is 15.0 Å². The van der Waals surface area contributed by atoms with Gasteiger partial charge in [-0.2, -0.15) is 0 Å². The van der Waals surface area contributed by atoms with Crippen LogP contribution in [0.3, 0.4) is 0 Å². The molecule has 0 aliphatic rings. The van der Waals surface area contributed by atoms with Crippen molar-refractivity contribution in [1.82, 2.24) is 19.9 Å². The number of thiazole rings is 1. The Hall–Kier alpha value is -2.34. The van der Waals surface area contributed by atoms with E-state index in [1.54, 1.807) is 17.5 Å². The molecule has 0 fully saturated rings. The third kappa shape index (κ3) is 3.76. The fourth-order valence-corrected chi connectivity index (χ4v) is 3.19. The maximum Gasteiger partial charge on any atom is 0.180 e. The van der Waals surface area contributed by atoms with Crippen molar-refractivity contribution in [1.29, 1.82) is 0 Å². The van der Waals surface area contributed by atoms with Crippen molar-refractivity contribution in [2.75, 3.05) is 5.32 Å². The van der Waals surface area contributed by atoms with Gasteiger partial charge in [0.15, 0.2) is 5.82 Å². The van der Waals surface area contributed by atoms with Gasteiger partial charge in [-0.1, -0.05) is 19.9 Å².